The van der Waals surface area contributed by atoms with Crippen molar-refractivity contribution in [2.75, 3.05) is 6.67 Å². The van der Waals surface area contributed by atoms with E-state index in [4.69, 9.17) is 0 Å². The first-order chi connectivity index (χ1) is 8.74. The topological polar surface area (TPSA) is 40.1 Å². The Labute approximate surface area is 105 Å². The van der Waals surface area contributed by atoms with Crippen LogP contribution < -0.4 is 5.11 Å². The fourth-order valence-electron chi connectivity index (χ4n) is 1.87. The van der Waals surface area contributed by atoms with Gasteiger partial charge >= 0.3 is 0 Å². The van der Waals surface area contributed by atoms with Crippen LogP contribution >= 0.6 is 0 Å². The van der Waals surface area contributed by atoms with E-state index in [0.717, 1.165) is 0 Å². The Morgan fingerprint density at radius 1 is 1.22 bits per heavy atom. The number of allylic oxidation sites excluding steroid dienone is 4. The van der Waals surface area contributed by atoms with Crippen LogP contribution in [0.15, 0.2) is 60.2 Å². The third-order valence-electron chi connectivity index (χ3n) is 2.73. The van der Waals surface area contributed by atoms with Crippen LogP contribution in [0.1, 0.15) is 5.56 Å². The first-order valence-electron chi connectivity index (χ1n) is 5.52. The Bertz CT molecular complexity index is 527. The monoisotopic (exact) mass is 242 g/mol. The van der Waals surface area contributed by atoms with Crippen molar-refractivity contribution >= 4 is 11.5 Å². The number of alkyl halides is 1. The first kappa shape index (κ1) is 12.2. The summed E-state index contributed by atoms with van der Waals surface area (Å²) in [5.41, 5.74) is 1.40. The second kappa shape index (κ2) is 5.36. The van der Waals surface area contributed by atoms with Gasteiger partial charge in [-0.25, -0.2) is 4.39 Å². The molecule has 1 aliphatic rings. The average molecular weight is 242 g/mol. The number of carboxylic acid groups (broad SMARTS) is 1. The maximum atomic E-state index is 13.2. The van der Waals surface area contributed by atoms with Crippen molar-refractivity contribution in [3.05, 3.63) is 71.7 Å². The summed E-state index contributed by atoms with van der Waals surface area (Å²) < 4.78 is 13.2. The van der Waals surface area contributed by atoms with Gasteiger partial charge in [-0.15, -0.1) is 0 Å². The molecule has 0 heterocycles. The van der Waals surface area contributed by atoms with Crippen LogP contribution in [0.5, 0.6) is 0 Å². The Balaban J connectivity index is 2.52. The third kappa shape index (κ3) is 2.35. The normalized spacial score (nSPS) is 16.8. The molecule has 0 bridgehead atoms. The Hall–Kier alpha value is -2.29. The molecule has 0 aliphatic heterocycles. The molecule has 1 aromatic carbocycles. The van der Waals surface area contributed by atoms with E-state index >= 15 is 0 Å². The van der Waals surface area contributed by atoms with Crippen LogP contribution in [-0.4, -0.2) is 12.6 Å². The van der Waals surface area contributed by atoms with Gasteiger partial charge in [-0.2, -0.15) is 0 Å². The predicted octanol–water partition coefficient (Wildman–Crippen LogP) is 1.86. The number of rotatable bonds is 3. The van der Waals surface area contributed by atoms with Crippen LogP contribution in [0.2, 0.25) is 0 Å². The molecule has 3 heteroatoms. The van der Waals surface area contributed by atoms with Crippen LogP contribution in [-0.2, 0) is 4.79 Å². The quantitative estimate of drug-likeness (QED) is 0.759. The summed E-state index contributed by atoms with van der Waals surface area (Å²) in [4.78, 5) is 11.0. The van der Waals surface area contributed by atoms with Crippen molar-refractivity contribution in [2.45, 2.75) is 0 Å². The summed E-state index contributed by atoms with van der Waals surface area (Å²) in [5, 5.41) is 11.0. The molecule has 0 amide bonds. The van der Waals surface area contributed by atoms with Gasteiger partial charge in [-0.1, -0.05) is 18.2 Å². The molecule has 0 atom stereocenters. The number of benzene rings is 1. The zero-order valence-corrected chi connectivity index (χ0v) is 9.60. The average Bonchev–Trinajstić information content (AvgIpc) is 2.41. The van der Waals surface area contributed by atoms with E-state index in [0.29, 0.717) is 16.7 Å². The van der Waals surface area contributed by atoms with Crippen molar-refractivity contribution in [1.29, 1.82) is 0 Å². The molecule has 2 rings (SSSR count). The Morgan fingerprint density at radius 3 is 2.56 bits per heavy atom. The van der Waals surface area contributed by atoms with E-state index in [-0.39, 0.29) is 5.92 Å². The summed E-state index contributed by atoms with van der Waals surface area (Å²) in [5.74, 6) is -1.29. The Morgan fingerprint density at radius 2 is 1.94 bits per heavy atom. The molecule has 0 saturated carbocycles. The van der Waals surface area contributed by atoms with Gasteiger partial charge in [0.2, 0.25) is 0 Å². The number of carboxylic acids is 1. The molecule has 0 unspecified atom stereocenters. The van der Waals surface area contributed by atoms with Gasteiger partial charge in [0, 0.05) is 29.9 Å². The van der Waals surface area contributed by atoms with E-state index < -0.39 is 12.6 Å². The van der Waals surface area contributed by atoms with Crippen LogP contribution in [0.25, 0.3) is 5.57 Å². The lowest BCUT2D eigenvalue weighted by atomic mass is 9.88. The highest BCUT2D eigenvalue weighted by Crippen LogP contribution is 2.29. The minimum Gasteiger partial charge on any atom is -0.535 e. The van der Waals surface area contributed by atoms with E-state index in [1.807, 2.05) is 6.07 Å². The third-order valence-corrected chi connectivity index (χ3v) is 2.73. The SMILES string of the molecule is O=C([O-])[C+]1C=CC=CC1=C(CF)c1ccccc1. The zero-order valence-electron chi connectivity index (χ0n) is 9.60. The van der Waals surface area contributed by atoms with Crippen molar-refractivity contribution in [3.8, 4) is 0 Å². The number of hydrogen-bond donors (Lipinski definition) is 0. The fourth-order valence-corrected chi connectivity index (χ4v) is 1.87. The van der Waals surface area contributed by atoms with Crippen LogP contribution in [0, 0.1) is 5.92 Å². The molecule has 0 saturated heterocycles. The molecule has 90 valence electrons. The maximum Gasteiger partial charge on any atom is 0.149 e. The first-order valence-corrected chi connectivity index (χ1v) is 5.52. The molecule has 0 aromatic heterocycles. The van der Waals surface area contributed by atoms with Gasteiger partial charge in [0.1, 0.15) is 18.2 Å². The fraction of sp³-hybridized carbons (Fsp3) is 0.0667. The number of carbonyl (C=O) groups excluding carboxylic acids is 1. The molecule has 0 radical (unpaired) electrons. The number of hydrogen-bond acceptors (Lipinski definition) is 2. The molecule has 1 aromatic rings. The highest BCUT2D eigenvalue weighted by atomic mass is 19.1. The van der Waals surface area contributed by atoms with Gasteiger partial charge in [0.05, 0.1) is 11.5 Å². The van der Waals surface area contributed by atoms with Gasteiger partial charge in [-0.05, 0) is 12.1 Å². The van der Waals surface area contributed by atoms with Gasteiger partial charge in [0.15, 0.2) is 0 Å². The summed E-state index contributed by atoms with van der Waals surface area (Å²) in [7, 11) is 0. The second-order valence-corrected chi connectivity index (χ2v) is 3.81. The zero-order chi connectivity index (χ0) is 13.0. The van der Waals surface area contributed by atoms with Crippen molar-refractivity contribution in [3.63, 3.8) is 0 Å². The number of carbonyl (C=O) groups is 1. The molecule has 0 fully saturated rings. The minimum absolute atomic E-state index is 0.00834. The molecule has 2 nitrogen and oxygen atoms in total. The molecular formula is C15H11FO2. The lowest BCUT2D eigenvalue weighted by Gasteiger charge is -2.14. The van der Waals surface area contributed by atoms with Crippen molar-refractivity contribution in [1.82, 2.24) is 0 Å². The van der Waals surface area contributed by atoms with Crippen LogP contribution in [0.3, 0.4) is 0 Å². The van der Waals surface area contributed by atoms with Crippen LogP contribution in [0.4, 0.5) is 4.39 Å². The van der Waals surface area contributed by atoms with E-state index in [2.05, 4.69) is 0 Å². The summed E-state index contributed by atoms with van der Waals surface area (Å²) in [6.45, 7) is -0.728. The molecule has 18 heavy (non-hydrogen) atoms. The molecular weight excluding hydrogens is 231 g/mol. The highest BCUT2D eigenvalue weighted by Gasteiger charge is 2.25. The van der Waals surface area contributed by atoms with Crippen molar-refractivity contribution in [2.24, 2.45) is 0 Å². The Kier molecular flexibility index (Phi) is 3.63. The lowest BCUT2D eigenvalue weighted by Crippen LogP contribution is -2.30. The molecule has 0 spiro atoms. The van der Waals surface area contributed by atoms with E-state index in [9.17, 15) is 14.3 Å². The largest absolute Gasteiger partial charge is 0.535 e. The molecule has 0 N–H and O–H groups in total. The lowest BCUT2D eigenvalue weighted by molar-refractivity contribution is -0.301. The number of halogens is 1. The van der Waals surface area contributed by atoms with Gasteiger partial charge in [0.25, 0.3) is 0 Å². The number of aliphatic carboxylic acids is 1. The second-order valence-electron chi connectivity index (χ2n) is 3.81. The smallest absolute Gasteiger partial charge is 0.149 e. The summed E-state index contributed by atoms with van der Waals surface area (Å²) in [6.07, 6.45) is 6.28. The van der Waals surface area contributed by atoms with E-state index in [1.165, 1.54) is 6.08 Å². The molecule has 1 aliphatic carbocycles. The van der Waals surface area contributed by atoms with Gasteiger partial charge in [-0.3, -0.25) is 0 Å². The summed E-state index contributed by atoms with van der Waals surface area (Å²) in [6, 6.07) is 8.89. The standard InChI is InChI=1S/C15H11FO2/c16-10-14(11-6-2-1-3-7-11)12-8-4-5-9-13(12)15(17)18/h1-9H,10H2. The van der Waals surface area contributed by atoms with E-state index in [1.54, 1.807) is 42.5 Å². The predicted molar refractivity (Wildman–Crippen MR) is 65.9 cm³/mol. The maximum absolute atomic E-state index is 13.2. The summed E-state index contributed by atoms with van der Waals surface area (Å²) >= 11 is 0. The van der Waals surface area contributed by atoms with Gasteiger partial charge < -0.3 is 9.90 Å². The van der Waals surface area contributed by atoms with Crippen molar-refractivity contribution < 1.29 is 14.3 Å². The minimum atomic E-state index is -1.30. The highest BCUT2D eigenvalue weighted by molar-refractivity contribution is 5.95.